The van der Waals surface area contributed by atoms with E-state index in [2.05, 4.69) is 37.9 Å². The van der Waals surface area contributed by atoms with Gasteiger partial charge in [0.05, 0.1) is 5.54 Å². The molecule has 0 aromatic carbocycles. The molecular weight excluding hydrogens is 238 g/mol. The fourth-order valence-electron chi connectivity index (χ4n) is 3.31. The van der Waals surface area contributed by atoms with E-state index in [0.29, 0.717) is 6.04 Å². The van der Waals surface area contributed by atoms with Crippen LogP contribution < -0.4 is 11.1 Å². The van der Waals surface area contributed by atoms with Gasteiger partial charge in [0, 0.05) is 11.6 Å². The predicted octanol–water partition coefficient (Wildman–Crippen LogP) is 1.88. The molecule has 0 bridgehead atoms. The van der Waals surface area contributed by atoms with Gasteiger partial charge in [-0.2, -0.15) is 0 Å². The van der Waals surface area contributed by atoms with Gasteiger partial charge in [-0.25, -0.2) is 0 Å². The van der Waals surface area contributed by atoms with Gasteiger partial charge < -0.3 is 11.1 Å². The van der Waals surface area contributed by atoms with E-state index in [-0.39, 0.29) is 11.4 Å². The Morgan fingerprint density at radius 3 is 2.58 bits per heavy atom. The number of likely N-dealkylation sites (tertiary alicyclic amines) is 1. The Kier molecular flexibility index (Phi) is 5.39. The Hall–Kier alpha value is -0.610. The molecule has 2 atom stereocenters. The quantitative estimate of drug-likeness (QED) is 0.742. The Bertz CT molecular complexity index is 317. The normalized spacial score (nSPS) is 24.1. The summed E-state index contributed by atoms with van der Waals surface area (Å²) in [6, 6.07) is 0.361. The first-order valence-corrected chi connectivity index (χ1v) is 7.54. The lowest BCUT2D eigenvalue weighted by molar-refractivity contribution is -0.124. The molecule has 1 fully saturated rings. The zero-order valence-electron chi connectivity index (χ0n) is 13.3. The van der Waals surface area contributed by atoms with E-state index < -0.39 is 5.54 Å². The molecule has 2 unspecified atom stereocenters. The van der Waals surface area contributed by atoms with Gasteiger partial charge in [-0.15, -0.1) is 0 Å². The lowest BCUT2D eigenvalue weighted by Crippen LogP contribution is -2.57. The molecule has 4 heteroatoms. The average molecular weight is 269 g/mol. The van der Waals surface area contributed by atoms with Crippen LogP contribution in [-0.2, 0) is 4.79 Å². The van der Waals surface area contributed by atoms with Crippen molar-refractivity contribution in [1.82, 2.24) is 10.2 Å². The van der Waals surface area contributed by atoms with Gasteiger partial charge in [-0.1, -0.05) is 6.92 Å². The van der Waals surface area contributed by atoms with Gasteiger partial charge in [0.1, 0.15) is 0 Å². The van der Waals surface area contributed by atoms with E-state index in [4.69, 9.17) is 5.73 Å². The number of hydrogen-bond acceptors (Lipinski definition) is 3. The molecule has 3 N–H and O–H groups in total. The van der Waals surface area contributed by atoms with Crippen molar-refractivity contribution in [3.8, 4) is 0 Å². The minimum atomic E-state index is -0.603. The molecule has 1 aliphatic rings. The minimum Gasteiger partial charge on any atom is -0.368 e. The van der Waals surface area contributed by atoms with Crippen LogP contribution in [0.1, 0.15) is 60.3 Å². The van der Waals surface area contributed by atoms with Crippen LogP contribution in [0.2, 0.25) is 0 Å². The van der Waals surface area contributed by atoms with Crippen molar-refractivity contribution >= 4 is 5.91 Å². The van der Waals surface area contributed by atoms with Crippen LogP contribution in [0, 0.1) is 0 Å². The first-order chi connectivity index (χ1) is 8.73. The zero-order valence-corrected chi connectivity index (χ0v) is 13.3. The lowest BCUT2D eigenvalue weighted by atomic mass is 9.90. The maximum absolute atomic E-state index is 11.8. The van der Waals surface area contributed by atoms with Crippen molar-refractivity contribution in [2.75, 3.05) is 13.1 Å². The second-order valence-corrected chi connectivity index (χ2v) is 6.79. The third-order valence-electron chi connectivity index (χ3n) is 4.51. The first-order valence-electron chi connectivity index (χ1n) is 7.54. The molecule has 0 aliphatic carbocycles. The van der Waals surface area contributed by atoms with Gasteiger partial charge in [0.15, 0.2) is 0 Å². The van der Waals surface area contributed by atoms with Crippen molar-refractivity contribution in [2.45, 2.75) is 77.4 Å². The maximum Gasteiger partial charge on any atom is 0.237 e. The topological polar surface area (TPSA) is 58.4 Å². The van der Waals surface area contributed by atoms with Gasteiger partial charge in [-0.05, 0) is 66.5 Å². The molecule has 4 nitrogen and oxygen atoms in total. The molecule has 0 spiro atoms. The Balaban J connectivity index is 2.71. The van der Waals surface area contributed by atoms with Crippen molar-refractivity contribution in [3.63, 3.8) is 0 Å². The second-order valence-electron chi connectivity index (χ2n) is 6.79. The Morgan fingerprint density at radius 1 is 1.53 bits per heavy atom. The molecular formula is C15H31N3O. The van der Waals surface area contributed by atoms with Crippen LogP contribution in [-0.4, -0.2) is 41.0 Å². The molecule has 1 rings (SSSR count). The van der Waals surface area contributed by atoms with E-state index in [9.17, 15) is 4.79 Å². The number of primary amides is 1. The van der Waals surface area contributed by atoms with Crippen LogP contribution >= 0.6 is 0 Å². The highest BCUT2D eigenvalue weighted by atomic mass is 16.1. The number of nitrogens with two attached hydrogens (primary N) is 1. The Labute approximate surface area is 118 Å². The third kappa shape index (κ3) is 3.93. The summed E-state index contributed by atoms with van der Waals surface area (Å²) in [5.74, 6) is -0.246. The highest BCUT2D eigenvalue weighted by Crippen LogP contribution is 2.32. The van der Waals surface area contributed by atoms with Gasteiger partial charge >= 0.3 is 0 Å². The van der Waals surface area contributed by atoms with Crippen LogP contribution in [0.25, 0.3) is 0 Å². The molecule has 0 saturated carbocycles. The lowest BCUT2D eigenvalue weighted by Gasteiger charge is -2.40. The number of carbonyl (C=O) groups excluding carboxylic acids is 1. The standard InChI is InChI=1S/C15H31N3O/c1-6-9-17-15(5,13(16)19)11-12(2)18-10-7-8-14(18,3)4/h12,17H,6-11H2,1-5H3,(H2,16,19). The fourth-order valence-corrected chi connectivity index (χ4v) is 3.31. The number of amides is 1. The van der Waals surface area contributed by atoms with E-state index in [1.165, 1.54) is 12.8 Å². The van der Waals surface area contributed by atoms with E-state index >= 15 is 0 Å². The van der Waals surface area contributed by atoms with E-state index in [1.807, 2.05) is 6.92 Å². The van der Waals surface area contributed by atoms with Crippen molar-refractivity contribution in [1.29, 1.82) is 0 Å². The zero-order chi connectivity index (χ0) is 14.7. The number of rotatable bonds is 7. The fraction of sp³-hybridized carbons (Fsp3) is 0.933. The molecule has 19 heavy (non-hydrogen) atoms. The van der Waals surface area contributed by atoms with Crippen LogP contribution in [0.4, 0.5) is 0 Å². The average Bonchev–Trinajstić information content (AvgIpc) is 2.66. The summed E-state index contributed by atoms with van der Waals surface area (Å²) in [5.41, 5.74) is 5.24. The number of nitrogens with one attached hydrogen (secondary N) is 1. The van der Waals surface area contributed by atoms with E-state index in [0.717, 1.165) is 25.9 Å². The van der Waals surface area contributed by atoms with Crippen LogP contribution in [0.15, 0.2) is 0 Å². The van der Waals surface area contributed by atoms with E-state index in [1.54, 1.807) is 0 Å². The molecule has 0 radical (unpaired) electrons. The predicted molar refractivity (Wildman–Crippen MR) is 80.0 cm³/mol. The SMILES string of the molecule is CCCNC(C)(CC(C)N1CCCC1(C)C)C(N)=O. The largest absolute Gasteiger partial charge is 0.368 e. The highest BCUT2D eigenvalue weighted by Gasteiger charge is 2.39. The minimum absolute atomic E-state index is 0.239. The summed E-state index contributed by atoms with van der Waals surface area (Å²) in [6.07, 6.45) is 4.25. The summed E-state index contributed by atoms with van der Waals surface area (Å²) in [7, 11) is 0. The maximum atomic E-state index is 11.8. The van der Waals surface area contributed by atoms with Gasteiger partial charge in [0.25, 0.3) is 0 Å². The first kappa shape index (κ1) is 16.4. The third-order valence-corrected chi connectivity index (χ3v) is 4.51. The van der Waals surface area contributed by atoms with Crippen molar-refractivity contribution in [3.05, 3.63) is 0 Å². The molecule has 112 valence electrons. The van der Waals surface area contributed by atoms with Crippen LogP contribution in [0.3, 0.4) is 0 Å². The summed E-state index contributed by atoms with van der Waals surface area (Å²) in [4.78, 5) is 14.3. The van der Waals surface area contributed by atoms with Gasteiger partial charge in [0.2, 0.25) is 5.91 Å². The highest BCUT2D eigenvalue weighted by molar-refractivity contribution is 5.84. The summed E-state index contributed by atoms with van der Waals surface area (Å²) in [6.45, 7) is 12.8. The number of hydrogen-bond donors (Lipinski definition) is 2. The monoisotopic (exact) mass is 269 g/mol. The summed E-state index contributed by atoms with van der Waals surface area (Å²) in [5, 5.41) is 3.33. The number of carbonyl (C=O) groups is 1. The molecule has 1 aliphatic heterocycles. The molecule has 1 saturated heterocycles. The number of nitrogens with zero attached hydrogens (tertiary/aromatic N) is 1. The van der Waals surface area contributed by atoms with Crippen molar-refractivity contribution in [2.24, 2.45) is 5.73 Å². The summed E-state index contributed by atoms with van der Waals surface area (Å²) < 4.78 is 0. The van der Waals surface area contributed by atoms with Crippen LogP contribution in [0.5, 0.6) is 0 Å². The Morgan fingerprint density at radius 2 is 2.16 bits per heavy atom. The molecule has 0 aromatic rings. The molecule has 1 heterocycles. The second kappa shape index (κ2) is 6.23. The molecule has 1 amide bonds. The van der Waals surface area contributed by atoms with Crippen molar-refractivity contribution < 1.29 is 4.79 Å². The summed E-state index contributed by atoms with van der Waals surface area (Å²) >= 11 is 0. The van der Waals surface area contributed by atoms with Gasteiger partial charge in [-0.3, -0.25) is 9.69 Å². The smallest absolute Gasteiger partial charge is 0.237 e. The molecule has 0 aromatic heterocycles.